The molecule has 92 valence electrons. The number of amides is 1. The minimum atomic E-state index is -0.420. The third kappa shape index (κ3) is 5.82. The van der Waals surface area contributed by atoms with Crippen molar-refractivity contribution in [2.24, 2.45) is 0 Å². The molecule has 3 nitrogen and oxygen atoms in total. The van der Waals surface area contributed by atoms with Gasteiger partial charge < -0.3 is 10.4 Å². The average molecular weight is 237 g/mol. The van der Waals surface area contributed by atoms with Crippen LogP contribution in [0.1, 0.15) is 18.9 Å². The molecule has 4 heteroatoms. The molecule has 0 heterocycles. The van der Waals surface area contributed by atoms with E-state index in [1.54, 1.807) is 25.1 Å². The Hall–Kier alpha value is -1.68. The summed E-state index contributed by atoms with van der Waals surface area (Å²) in [5.41, 5.74) is 0.761. The highest BCUT2D eigenvalue weighted by Gasteiger charge is 1.98. The van der Waals surface area contributed by atoms with Crippen molar-refractivity contribution in [2.45, 2.75) is 19.4 Å². The number of nitrogens with one attached hydrogen (secondary N) is 1. The zero-order valence-electron chi connectivity index (χ0n) is 9.69. The summed E-state index contributed by atoms with van der Waals surface area (Å²) in [6, 6.07) is 5.86. The van der Waals surface area contributed by atoms with Crippen molar-refractivity contribution in [3.05, 3.63) is 41.7 Å². The van der Waals surface area contributed by atoms with Crippen LogP contribution in [-0.4, -0.2) is 23.7 Å². The lowest BCUT2D eigenvalue weighted by Gasteiger charge is -2.03. The van der Waals surface area contributed by atoms with E-state index in [9.17, 15) is 9.18 Å². The van der Waals surface area contributed by atoms with Gasteiger partial charge in [-0.3, -0.25) is 4.79 Å². The van der Waals surface area contributed by atoms with Crippen molar-refractivity contribution in [1.29, 1.82) is 0 Å². The molecule has 1 atom stereocenters. The van der Waals surface area contributed by atoms with Crippen molar-refractivity contribution in [2.75, 3.05) is 6.54 Å². The average Bonchev–Trinajstić information content (AvgIpc) is 2.28. The van der Waals surface area contributed by atoms with Crippen LogP contribution in [0.15, 0.2) is 30.3 Å². The maximum atomic E-state index is 12.6. The summed E-state index contributed by atoms with van der Waals surface area (Å²) in [6.07, 6.45) is 3.10. The maximum Gasteiger partial charge on any atom is 0.244 e. The number of carbonyl (C=O) groups excluding carboxylic acids is 1. The van der Waals surface area contributed by atoms with Crippen molar-refractivity contribution in [1.82, 2.24) is 5.32 Å². The molecule has 0 bridgehead atoms. The molecule has 17 heavy (non-hydrogen) atoms. The molecule has 0 aliphatic heterocycles. The number of halogens is 1. The molecule has 0 saturated heterocycles. The minimum absolute atomic E-state index is 0.227. The van der Waals surface area contributed by atoms with Gasteiger partial charge >= 0.3 is 0 Å². The van der Waals surface area contributed by atoms with Crippen LogP contribution in [0.5, 0.6) is 0 Å². The fraction of sp³-hybridized carbons (Fsp3) is 0.308. The van der Waals surface area contributed by atoms with E-state index in [4.69, 9.17) is 5.11 Å². The van der Waals surface area contributed by atoms with E-state index in [1.165, 1.54) is 18.2 Å². The molecule has 1 aromatic rings. The van der Waals surface area contributed by atoms with Crippen LogP contribution in [0.4, 0.5) is 4.39 Å². The van der Waals surface area contributed by atoms with Crippen LogP contribution < -0.4 is 5.32 Å². The zero-order chi connectivity index (χ0) is 12.7. The van der Waals surface area contributed by atoms with E-state index in [0.29, 0.717) is 13.0 Å². The van der Waals surface area contributed by atoms with Gasteiger partial charge in [-0.25, -0.2) is 4.39 Å². The lowest BCUT2D eigenvalue weighted by Crippen LogP contribution is -2.24. The highest BCUT2D eigenvalue weighted by Crippen LogP contribution is 2.04. The van der Waals surface area contributed by atoms with Crippen LogP contribution >= 0.6 is 0 Å². The summed E-state index contributed by atoms with van der Waals surface area (Å²) in [7, 11) is 0. The maximum absolute atomic E-state index is 12.6. The topological polar surface area (TPSA) is 49.3 Å². The molecule has 0 aromatic heterocycles. The molecule has 0 saturated carbocycles. The second-order valence-electron chi connectivity index (χ2n) is 3.81. The number of benzene rings is 1. The summed E-state index contributed by atoms with van der Waals surface area (Å²) < 4.78 is 12.6. The SMILES string of the molecule is CC(O)CCNC(=O)C=Cc1ccc(F)cc1. The fourth-order valence-electron chi connectivity index (χ4n) is 1.21. The van der Waals surface area contributed by atoms with Gasteiger partial charge in [-0.15, -0.1) is 0 Å². The van der Waals surface area contributed by atoms with Crippen molar-refractivity contribution in [3.8, 4) is 0 Å². The quantitative estimate of drug-likeness (QED) is 0.766. The first kappa shape index (κ1) is 13.4. The predicted octanol–water partition coefficient (Wildman–Crippen LogP) is 1.73. The molecule has 0 fully saturated rings. The molecular formula is C13H16FNO2. The Bertz CT molecular complexity index is 385. The number of hydrogen-bond donors (Lipinski definition) is 2. The van der Waals surface area contributed by atoms with E-state index in [2.05, 4.69) is 5.32 Å². The van der Waals surface area contributed by atoms with Gasteiger partial charge in [0.2, 0.25) is 5.91 Å². The van der Waals surface area contributed by atoms with Gasteiger partial charge in [0.05, 0.1) is 6.10 Å². The Morgan fingerprint density at radius 2 is 2.12 bits per heavy atom. The van der Waals surface area contributed by atoms with Crippen LogP contribution in [0, 0.1) is 5.82 Å². The molecule has 1 rings (SSSR count). The van der Waals surface area contributed by atoms with E-state index in [0.717, 1.165) is 5.56 Å². The molecule has 1 unspecified atom stereocenters. The largest absolute Gasteiger partial charge is 0.393 e. The van der Waals surface area contributed by atoms with Crippen LogP contribution in [0.25, 0.3) is 6.08 Å². The Labute approximate surface area is 100.0 Å². The van der Waals surface area contributed by atoms with E-state index in [1.807, 2.05) is 0 Å². The normalized spacial score (nSPS) is 12.6. The second kappa shape index (κ2) is 6.81. The van der Waals surface area contributed by atoms with Gasteiger partial charge in [0, 0.05) is 12.6 Å². The van der Waals surface area contributed by atoms with Gasteiger partial charge in [-0.2, -0.15) is 0 Å². The third-order valence-electron chi connectivity index (χ3n) is 2.16. The monoisotopic (exact) mass is 237 g/mol. The lowest BCUT2D eigenvalue weighted by atomic mass is 10.2. The van der Waals surface area contributed by atoms with Gasteiger partial charge in [0.25, 0.3) is 0 Å². The van der Waals surface area contributed by atoms with Crippen molar-refractivity contribution in [3.63, 3.8) is 0 Å². The van der Waals surface area contributed by atoms with Crippen molar-refractivity contribution >= 4 is 12.0 Å². The number of aliphatic hydroxyl groups is 1. The van der Waals surface area contributed by atoms with Gasteiger partial charge in [-0.05, 0) is 37.1 Å². The second-order valence-corrected chi connectivity index (χ2v) is 3.81. The summed E-state index contributed by atoms with van der Waals surface area (Å²) in [5.74, 6) is -0.529. The highest BCUT2D eigenvalue weighted by atomic mass is 19.1. The van der Waals surface area contributed by atoms with E-state index >= 15 is 0 Å². The summed E-state index contributed by atoms with van der Waals surface area (Å²) >= 11 is 0. The van der Waals surface area contributed by atoms with E-state index in [-0.39, 0.29) is 11.7 Å². The molecule has 0 radical (unpaired) electrons. The smallest absolute Gasteiger partial charge is 0.244 e. The first-order valence-electron chi connectivity index (χ1n) is 5.47. The molecule has 0 spiro atoms. The molecule has 0 aliphatic carbocycles. The van der Waals surface area contributed by atoms with Crippen LogP contribution in [-0.2, 0) is 4.79 Å². The Balaban J connectivity index is 2.37. The van der Waals surface area contributed by atoms with Gasteiger partial charge in [0.15, 0.2) is 0 Å². The molecule has 1 amide bonds. The molecule has 0 aliphatic rings. The molecule has 2 N–H and O–H groups in total. The lowest BCUT2D eigenvalue weighted by molar-refractivity contribution is -0.116. The number of carbonyl (C=O) groups is 1. The van der Waals surface area contributed by atoms with Crippen LogP contribution in [0.3, 0.4) is 0 Å². The third-order valence-corrected chi connectivity index (χ3v) is 2.16. The molecular weight excluding hydrogens is 221 g/mol. The first-order valence-corrected chi connectivity index (χ1v) is 5.47. The van der Waals surface area contributed by atoms with Gasteiger partial charge in [-0.1, -0.05) is 12.1 Å². The summed E-state index contributed by atoms with van der Waals surface area (Å²) in [4.78, 5) is 11.3. The first-order chi connectivity index (χ1) is 8.08. The van der Waals surface area contributed by atoms with Crippen LogP contribution in [0.2, 0.25) is 0 Å². The highest BCUT2D eigenvalue weighted by molar-refractivity contribution is 5.91. The fourth-order valence-corrected chi connectivity index (χ4v) is 1.21. The Morgan fingerprint density at radius 1 is 1.47 bits per heavy atom. The Morgan fingerprint density at radius 3 is 2.71 bits per heavy atom. The zero-order valence-corrected chi connectivity index (χ0v) is 9.69. The van der Waals surface area contributed by atoms with E-state index < -0.39 is 6.10 Å². The summed E-state index contributed by atoms with van der Waals surface area (Å²) in [6.45, 7) is 2.10. The standard InChI is InChI=1S/C13H16FNO2/c1-10(16)8-9-15-13(17)7-4-11-2-5-12(14)6-3-11/h2-7,10,16H,8-9H2,1H3,(H,15,17). The minimum Gasteiger partial charge on any atom is -0.393 e. The predicted molar refractivity (Wildman–Crippen MR) is 64.7 cm³/mol. The number of rotatable bonds is 5. The summed E-state index contributed by atoms with van der Waals surface area (Å²) in [5, 5.41) is 11.6. The van der Waals surface area contributed by atoms with Crippen molar-refractivity contribution < 1.29 is 14.3 Å². The Kier molecular flexibility index (Phi) is 5.36. The molecule has 1 aromatic carbocycles. The van der Waals surface area contributed by atoms with Gasteiger partial charge in [0.1, 0.15) is 5.82 Å². The number of hydrogen-bond acceptors (Lipinski definition) is 2. The number of aliphatic hydroxyl groups excluding tert-OH is 1.